The minimum absolute atomic E-state index is 0.0441. The van der Waals surface area contributed by atoms with Gasteiger partial charge in [-0.05, 0) is 36.4 Å². The lowest BCUT2D eigenvalue weighted by Crippen LogP contribution is -2.09. The van der Waals surface area contributed by atoms with Crippen LogP contribution in [-0.4, -0.2) is 15.7 Å². The number of carbonyl (C=O) groups excluding carboxylic acids is 1. The van der Waals surface area contributed by atoms with Crippen molar-refractivity contribution in [2.45, 2.75) is 6.18 Å². The molecular formula is C23H15F3N2O2. The number of benzene rings is 3. The smallest absolute Gasteiger partial charge is 0.402 e. The molecular weight excluding hydrogens is 393 g/mol. The summed E-state index contributed by atoms with van der Waals surface area (Å²) in [4.78, 5) is 12.4. The van der Waals surface area contributed by atoms with E-state index < -0.39 is 17.7 Å². The second-order valence-corrected chi connectivity index (χ2v) is 6.45. The molecule has 1 heterocycles. The van der Waals surface area contributed by atoms with Gasteiger partial charge in [0, 0.05) is 11.6 Å². The van der Waals surface area contributed by atoms with Crippen molar-refractivity contribution in [2.24, 2.45) is 0 Å². The molecule has 1 aromatic heterocycles. The monoisotopic (exact) mass is 408 g/mol. The van der Waals surface area contributed by atoms with Crippen LogP contribution in [0.15, 0.2) is 91.0 Å². The highest BCUT2D eigenvalue weighted by molar-refractivity contribution is 5.90. The predicted molar refractivity (Wildman–Crippen MR) is 105 cm³/mol. The first-order valence-corrected chi connectivity index (χ1v) is 9.02. The van der Waals surface area contributed by atoms with E-state index in [1.54, 1.807) is 42.5 Å². The quantitative estimate of drug-likeness (QED) is 0.402. The fourth-order valence-corrected chi connectivity index (χ4v) is 2.94. The van der Waals surface area contributed by atoms with Crippen LogP contribution < -0.4 is 4.74 Å². The summed E-state index contributed by atoms with van der Waals surface area (Å²) in [6, 6.07) is 23.8. The number of alkyl halides is 3. The fraction of sp³-hybridized carbons (Fsp3) is 0.0435. The van der Waals surface area contributed by atoms with Crippen LogP contribution in [0.5, 0.6) is 5.88 Å². The minimum atomic E-state index is -4.42. The second kappa shape index (κ2) is 7.87. The average molecular weight is 408 g/mol. The molecule has 3 aromatic carbocycles. The Morgan fingerprint density at radius 3 is 2.03 bits per heavy atom. The molecule has 0 amide bonds. The topological polar surface area (TPSA) is 44.1 Å². The zero-order valence-corrected chi connectivity index (χ0v) is 15.5. The zero-order valence-electron chi connectivity index (χ0n) is 15.5. The van der Waals surface area contributed by atoms with Crippen molar-refractivity contribution in [1.82, 2.24) is 9.78 Å². The van der Waals surface area contributed by atoms with Gasteiger partial charge in [0.1, 0.15) is 0 Å². The van der Waals surface area contributed by atoms with Crippen LogP contribution in [0, 0.1) is 0 Å². The Balaban J connectivity index is 1.72. The summed E-state index contributed by atoms with van der Waals surface area (Å²) in [5.74, 6) is -0.533. The molecule has 0 spiro atoms. The van der Waals surface area contributed by atoms with Crippen LogP contribution in [0.2, 0.25) is 0 Å². The van der Waals surface area contributed by atoms with Gasteiger partial charge in [-0.2, -0.15) is 13.2 Å². The molecule has 0 saturated carbocycles. The maximum atomic E-state index is 12.9. The van der Waals surface area contributed by atoms with Gasteiger partial charge in [-0.1, -0.05) is 48.5 Å². The molecule has 0 aliphatic carbocycles. The van der Waals surface area contributed by atoms with Crippen LogP contribution in [-0.2, 0) is 6.18 Å². The summed E-state index contributed by atoms with van der Waals surface area (Å²) in [5, 5.41) is 4.34. The molecule has 0 aliphatic rings. The molecule has 4 nitrogen and oxygen atoms in total. The Kier molecular flexibility index (Phi) is 5.10. The van der Waals surface area contributed by atoms with E-state index in [9.17, 15) is 18.0 Å². The molecule has 150 valence electrons. The Morgan fingerprint density at radius 1 is 0.833 bits per heavy atom. The molecule has 0 saturated heterocycles. The second-order valence-electron chi connectivity index (χ2n) is 6.45. The minimum Gasteiger partial charge on any atom is -0.402 e. The number of hydrogen-bond donors (Lipinski definition) is 0. The van der Waals surface area contributed by atoms with E-state index in [1.165, 1.54) is 22.9 Å². The van der Waals surface area contributed by atoms with Gasteiger partial charge in [0.25, 0.3) is 0 Å². The molecule has 0 aliphatic heterocycles. The maximum Gasteiger partial charge on any atom is 0.416 e. The first-order chi connectivity index (χ1) is 14.4. The molecule has 7 heteroatoms. The molecule has 0 fully saturated rings. The van der Waals surface area contributed by atoms with E-state index in [2.05, 4.69) is 5.10 Å². The summed E-state index contributed by atoms with van der Waals surface area (Å²) in [5.41, 5.74) is 1.29. The van der Waals surface area contributed by atoms with Gasteiger partial charge in [0.05, 0.1) is 22.5 Å². The third kappa shape index (κ3) is 4.10. The Morgan fingerprint density at radius 2 is 1.43 bits per heavy atom. The zero-order chi connectivity index (χ0) is 21.1. The number of para-hydroxylation sites is 1. The first kappa shape index (κ1) is 19.4. The van der Waals surface area contributed by atoms with Crippen molar-refractivity contribution in [3.63, 3.8) is 0 Å². The number of rotatable bonds is 4. The summed E-state index contributed by atoms with van der Waals surface area (Å²) in [6.45, 7) is 0. The van der Waals surface area contributed by atoms with Gasteiger partial charge in [0.15, 0.2) is 0 Å². The highest BCUT2D eigenvalue weighted by Crippen LogP contribution is 2.32. The molecule has 4 rings (SSSR count). The average Bonchev–Trinajstić information content (AvgIpc) is 3.18. The van der Waals surface area contributed by atoms with Gasteiger partial charge in [-0.15, -0.1) is 5.10 Å². The van der Waals surface area contributed by atoms with E-state index >= 15 is 0 Å². The lowest BCUT2D eigenvalue weighted by Gasteiger charge is -2.09. The first-order valence-electron chi connectivity index (χ1n) is 9.02. The van der Waals surface area contributed by atoms with Crippen molar-refractivity contribution >= 4 is 5.97 Å². The standard InChI is InChI=1S/C23H15F3N2O2/c24-23(25,26)18-13-11-16(12-14-18)20-15-21(27-28(20)19-9-5-2-6-10-19)30-22(29)17-7-3-1-4-8-17/h1-15H. The normalized spacial score (nSPS) is 11.3. The Bertz CT molecular complexity index is 1150. The predicted octanol–water partition coefficient (Wildman–Crippen LogP) is 5.78. The van der Waals surface area contributed by atoms with Crippen molar-refractivity contribution in [3.05, 3.63) is 102 Å². The van der Waals surface area contributed by atoms with E-state index in [0.717, 1.165) is 12.1 Å². The van der Waals surface area contributed by atoms with E-state index in [1.807, 2.05) is 18.2 Å². The van der Waals surface area contributed by atoms with Crippen LogP contribution in [0.1, 0.15) is 15.9 Å². The Hall–Kier alpha value is -3.87. The van der Waals surface area contributed by atoms with Crippen molar-refractivity contribution < 1.29 is 22.7 Å². The summed E-state index contributed by atoms with van der Waals surface area (Å²) in [7, 11) is 0. The lowest BCUT2D eigenvalue weighted by molar-refractivity contribution is -0.137. The summed E-state index contributed by atoms with van der Waals surface area (Å²) < 4.78 is 45.6. The Labute approximate surface area is 170 Å². The summed E-state index contributed by atoms with van der Waals surface area (Å²) in [6.07, 6.45) is -4.42. The molecule has 0 unspecified atom stereocenters. The van der Waals surface area contributed by atoms with Crippen molar-refractivity contribution in [1.29, 1.82) is 0 Å². The van der Waals surface area contributed by atoms with Gasteiger partial charge < -0.3 is 4.74 Å². The largest absolute Gasteiger partial charge is 0.416 e. The maximum absolute atomic E-state index is 12.9. The summed E-state index contributed by atoms with van der Waals surface area (Å²) >= 11 is 0. The molecule has 30 heavy (non-hydrogen) atoms. The van der Waals surface area contributed by atoms with E-state index in [0.29, 0.717) is 22.5 Å². The number of aromatic nitrogens is 2. The van der Waals surface area contributed by atoms with Crippen molar-refractivity contribution in [2.75, 3.05) is 0 Å². The SMILES string of the molecule is O=C(Oc1cc(-c2ccc(C(F)(F)F)cc2)n(-c2ccccc2)n1)c1ccccc1. The highest BCUT2D eigenvalue weighted by atomic mass is 19.4. The number of esters is 1. The van der Waals surface area contributed by atoms with Crippen LogP contribution in [0.4, 0.5) is 13.2 Å². The van der Waals surface area contributed by atoms with E-state index in [-0.39, 0.29) is 5.88 Å². The van der Waals surface area contributed by atoms with Gasteiger partial charge >= 0.3 is 12.1 Å². The third-order valence-electron chi connectivity index (χ3n) is 4.40. The molecule has 0 N–H and O–H groups in total. The van der Waals surface area contributed by atoms with Crippen LogP contribution >= 0.6 is 0 Å². The van der Waals surface area contributed by atoms with Crippen LogP contribution in [0.3, 0.4) is 0 Å². The number of halogens is 3. The number of ether oxygens (including phenoxy) is 1. The fourth-order valence-electron chi connectivity index (χ4n) is 2.94. The molecule has 0 bridgehead atoms. The molecule has 4 aromatic rings. The third-order valence-corrected chi connectivity index (χ3v) is 4.40. The van der Waals surface area contributed by atoms with Crippen molar-refractivity contribution in [3.8, 4) is 22.8 Å². The number of hydrogen-bond acceptors (Lipinski definition) is 3. The lowest BCUT2D eigenvalue weighted by atomic mass is 10.1. The van der Waals surface area contributed by atoms with Crippen LogP contribution in [0.25, 0.3) is 16.9 Å². The molecule has 0 atom stereocenters. The number of carbonyl (C=O) groups is 1. The van der Waals surface area contributed by atoms with Gasteiger partial charge in [-0.3, -0.25) is 0 Å². The van der Waals surface area contributed by atoms with Gasteiger partial charge in [-0.25, -0.2) is 9.48 Å². The van der Waals surface area contributed by atoms with Gasteiger partial charge in [0.2, 0.25) is 5.88 Å². The van der Waals surface area contributed by atoms with E-state index in [4.69, 9.17) is 4.74 Å². The number of nitrogens with zero attached hydrogens (tertiary/aromatic N) is 2. The molecule has 0 radical (unpaired) electrons. The highest BCUT2D eigenvalue weighted by Gasteiger charge is 2.30.